The van der Waals surface area contributed by atoms with Crippen molar-refractivity contribution in [1.29, 1.82) is 0 Å². The van der Waals surface area contributed by atoms with Crippen LogP contribution in [0.5, 0.6) is 0 Å². The molecule has 2 fully saturated rings. The highest BCUT2D eigenvalue weighted by molar-refractivity contribution is 5.61. The van der Waals surface area contributed by atoms with Gasteiger partial charge in [-0.1, -0.05) is 18.1 Å². The molecule has 0 radical (unpaired) electrons. The SMILES string of the molecule is CCN1CCN(c2cc(Nc3cc(C)[nH]n3)nc(N3CCC[C@H]3c3cc(-c4ccccn4)no3)n2)CC1. The number of hydrogen-bond donors (Lipinski definition) is 2. The summed E-state index contributed by atoms with van der Waals surface area (Å²) in [4.78, 5) is 21.4. The Kier molecular flexibility index (Phi) is 6.44. The lowest BCUT2D eigenvalue weighted by molar-refractivity contribution is 0.270. The Bertz CT molecular complexity index is 1330. The molecule has 2 saturated heterocycles. The van der Waals surface area contributed by atoms with E-state index in [0.29, 0.717) is 5.95 Å². The summed E-state index contributed by atoms with van der Waals surface area (Å²) in [5.41, 5.74) is 2.52. The van der Waals surface area contributed by atoms with Crippen LogP contribution >= 0.6 is 0 Å². The molecule has 2 N–H and O–H groups in total. The summed E-state index contributed by atoms with van der Waals surface area (Å²) in [6, 6.07) is 11.8. The minimum atomic E-state index is 0.0117. The third-order valence-electron chi connectivity index (χ3n) is 7.10. The van der Waals surface area contributed by atoms with E-state index in [-0.39, 0.29) is 6.04 Å². The number of aromatic amines is 1. The topological polar surface area (TPSA) is 115 Å². The number of likely N-dealkylation sites (N-methyl/N-ethyl adjacent to an activating group) is 1. The van der Waals surface area contributed by atoms with Crippen molar-refractivity contribution in [3.05, 3.63) is 54.0 Å². The average molecular weight is 501 g/mol. The van der Waals surface area contributed by atoms with Crippen LogP contribution in [0.1, 0.15) is 37.3 Å². The maximum atomic E-state index is 5.82. The number of H-pyrrole nitrogens is 1. The van der Waals surface area contributed by atoms with Crippen LogP contribution in [-0.2, 0) is 0 Å². The lowest BCUT2D eigenvalue weighted by atomic mass is 10.1. The van der Waals surface area contributed by atoms with Gasteiger partial charge < -0.3 is 24.5 Å². The van der Waals surface area contributed by atoms with Crippen molar-refractivity contribution in [3.8, 4) is 11.4 Å². The van der Waals surface area contributed by atoms with Crippen LogP contribution in [0.3, 0.4) is 0 Å². The summed E-state index contributed by atoms with van der Waals surface area (Å²) >= 11 is 0. The van der Waals surface area contributed by atoms with Gasteiger partial charge in [-0.25, -0.2) is 0 Å². The molecule has 11 heteroatoms. The van der Waals surface area contributed by atoms with Crippen LogP contribution in [0.4, 0.5) is 23.4 Å². The first-order chi connectivity index (χ1) is 18.2. The highest BCUT2D eigenvalue weighted by atomic mass is 16.5. The Morgan fingerprint density at radius 3 is 2.68 bits per heavy atom. The first-order valence-electron chi connectivity index (χ1n) is 13.0. The van der Waals surface area contributed by atoms with E-state index < -0.39 is 0 Å². The van der Waals surface area contributed by atoms with E-state index in [0.717, 1.165) is 92.4 Å². The van der Waals surface area contributed by atoms with Crippen molar-refractivity contribution in [2.45, 2.75) is 32.7 Å². The molecule has 4 aromatic heterocycles. The molecular weight excluding hydrogens is 468 g/mol. The fraction of sp³-hybridized carbons (Fsp3) is 0.423. The second-order valence-electron chi connectivity index (χ2n) is 9.57. The molecule has 6 heterocycles. The van der Waals surface area contributed by atoms with Crippen LogP contribution in [0.15, 0.2) is 47.1 Å². The van der Waals surface area contributed by atoms with Crippen molar-refractivity contribution >= 4 is 23.4 Å². The van der Waals surface area contributed by atoms with Gasteiger partial charge in [0, 0.05) is 62.8 Å². The molecule has 4 aromatic rings. The number of piperazine rings is 1. The van der Waals surface area contributed by atoms with Crippen molar-refractivity contribution < 1.29 is 4.52 Å². The summed E-state index contributed by atoms with van der Waals surface area (Å²) in [6.07, 6.45) is 3.73. The third kappa shape index (κ3) is 4.99. The second kappa shape index (κ2) is 10.2. The lowest BCUT2D eigenvalue weighted by Gasteiger charge is -2.35. The maximum absolute atomic E-state index is 5.82. The number of aryl methyl sites for hydroxylation is 1. The molecular formula is C26H32N10O. The normalized spacial score (nSPS) is 18.5. The Labute approximate surface area is 215 Å². The molecule has 2 aliphatic heterocycles. The Morgan fingerprint density at radius 1 is 1.03 bits per heavy atom. The molecule has 0 aromatic carbocycles. The smallest absolute Gasteiger partial charge is 0.229 e. The van der Waals surface area contributed by atoms with Gasteiger partial charge in [-0.3, -0.25) is 10.1 Å². The average Bonchev–Trinajstić information content (AvgIpc) is 3.70. The zero-order valence-corrected chi connectivity index (χ0v) is 21.3. The molecule has 0 amide bonds. The van der Waals surface area contributed by atoms with Gasteiger partial charge in [-0.15, -0.1) is 0 Å². The van der Waals surface area contributed by atoms with E-state index in [1.54, 1.807) is 6.20 Å². The summed E-state index contributed by atoms with van der Waals surface area (Å²) in [5.74, 6) is 3.87. The number of aromatic nitrogens is 6. The fourth-order valence-electron chi connectivity index (χ4n) is 5.07. The number of hydrogen-bond acceptors (Lipinski definition) is 10. The van der Waals surface area contributed by atoms with Gasteiger partial charge >= 0.3 is 0 Å². The lowest BCUT2D eigenvalue weighted by Crippen LogP contribution is -2.46. The quantitative estimate of drug-likeness (QED) is 0.388. The van der Waals surface area contributed by atoms with Crippen LogP contribution < -0.4 is 15.1 Å². The van der Waals surface area contributed by atoms with Gasteiger partial charge in [0.05, 0.1) is 11.7 Å². The number of anilines is 4. The molecule has 11 nitrogen and oxygen atoms in total. The zero-order valence-electron chi connectivity index (χ0n) is 21.3. The van der Waals surface area contributed by atoms with E-state index in [4.69, 9.17) is 14.5 Å². The molecule has 37 heavy (non-hydrogen) atoms. The van der Waals surface area contributed by atoms with Gasteiger partial charge in [0.1, 0.15) is 17.3 Å². The van der Waals surface area contributed by atoms with E-state index in [9.17, 15) is 0 Å². The third-order valence-corrected chi connectivity index (χ3v) is 7.10. The monoisotopic (exact) mass is 500 g/mol. The van der Waals surface area contributed by atoms with Crippen molar-refractivity contribution in [1.82, 2.24) is 35.2 Å². The molecule has 6 rings (SSSR count). The molecule has 0 bridgehead atoms. The van der Waals surface area contributed by atoms with Gasteiger partial charge in [0.25, 0.3) is 0 Å². The second-order valence-corrected chi connectivity index (χ2v) is 9.57. The molecule has 0 unspecified atom stereocenters. The molecule has 0 saturated carbocycles. The number of rotatable bonds is 7. The summed E-state index contributed by atoms with van der Waals surface area (Å²) in [5, 5.41) is 15.0. The summed E-state index contributed by atoms with van der Waals surface area (Å²) < 4.78 is 5.82. The van der Waals surface area contributed by atoms with E-state index in [2.05, 4.69) is 47.3 Å². The number of pyridine rings is 1. The Morgan fingerprint density at radius 2 is 1.92 bits per heavy atom. The fourth-order valence-corrected chi connectivity index (χ4v) is 5.07. The number of nitrogens with one attached hydrogen (secondary N) is 2. The highest BCUT2D eigenvalue weighted by Gasteiger charge is 2.32. The minimum Gasteiger partial charge on any atom is -0.358 e. The van der Waals surface area contributed by atoms with Crippen molar-refractivity contribution in [2.24, 2.45) is 0 Å². The predicted octanol–water partition coefficient (Wildman–Crippen LogP) is 3.79. The van der Waals surface area contributed by atoms with Gasteiger partial charge in [-0.05, 0) is 38.4 Å². The van der Waals surface area contributed by atoms with Crippen molar-refractivity contribution in [3.63, 3.8) is 0 Å². The van der Waals surface area contributed by atoms with Gasteiger partial charge in [0.15, 0.2) is 11.6 Å². The molecule has 1 atom stereocenters. The molecule has 2 aliphatic rings. The zero-order chi connectivity index (χ0) is 25.2. The molecule has 0 spiro atoms. The van der Waals surface area contributed by atoms with E-state index >= 15 is 0 Å². The van der Waals surface area contributed by atoms with Crippen LogP contribution in [-0.4, -0.2) is 74.5 Å². The summed E-state index contributed by atoms with van der Waals surface area (Å²) in [7, 11) is 0. The number of nitrogens with zero attached hydrogens (tertiary/aromatic N) is 8. The standard InChI is InChI=1S/C26H32N10O/c1-3-34-11-13-35(14-12-34)25-17-23(28-24-15-18(2)31-32-24)29-26(30-25)36-10-6-8-21(36)22-16-20(33-37-22)19-7-4-5-9-27-19/h4-5,7,9,15-17,21H,3,6,8,10-14H2,1-2H3,(H2,28,29,30,31,32)/t21-/m0/s1. The predicted molar refractivity (Wildman–Crippen MR) is 142 cm³/mol. The first kappa shape index (κ1) is 23.4. The first-order valence-corrected chi connectivity index (χ1v) is 13.0. The van der Waals surface area contributed by atoms with Gasteiger partial charge in [-0.2, -0.15) is 15.1 Å². The van der Waals surface area contributed by atoms with Crippen LogP contribution in [0.2, 0.25) is 0 Å². The minimum absolute atomic E-state index is 0.0117. The largest absolute Gasteiger partial charge is 0.358 e. The van der Waals surface area contributed by atoms with Crippen LogP contribution in [0, 0.1) is 6.92 Å². The van der Waals surface area contributed by atoms with E-state index in [1.165, 1.54) is 0 Å². The maximum Gasteiger partial charge on any atom is 0.229 e. The van der Waals surface area contributed by atoms with Crippen molar-refractivity contribution in [2.75, 3.05) is 54.4 Å². The molecule has 192 valence electrons. The van der Waals surface area contributed by atoms with Crippen LogP contribution in [0.25, 0.3) is 11.4 Å². The highest BCUT2D eigenvalue weighted by Crippen LogP contribution is 2.37. The van der Waals surface area contributed by atoms with E-state index in [1.807, 2.05) is 43.3 Å². The summed E-state index contributed by atoms with van der Waals surface area (Å²) in [6.45, 7) is 10.0. The molecule has 0 aliphatic carbocycles. The Balaban J connectivity index is 1.31. The Hall–Kier alpha value is -3.99. The van der Waals surface area contributed by atoms with Gasteiger partial charge in [0.2, 0.25) is 5.95 Å².